The van der Waals surface area contributed by atoms with Crippen molar-refractivity contribution in [1.29, 1.82) is 0 Å². The molecule has 2 unspecified atom stereocenters. The average molecular weight is 1660 g/mol. The van der Waals surface area contributed by atoms with Crippen molar-refractivity contribution in [2.24, 2.45) is 5.92 Å². The van der Waals surface area contributed by atoms with Crippen LogP contribution >= 0.6 is 11.3 Å². The molecule has 9 heteroatoms. The molecule has 2 atom stereocenters. The Kier molecular flexibility index (Phi) is 16.4. The van der Waals surface area contributed by atoms with Crippen LogP contribution in [0.5, 0.6) is 0 Å². The highest BCUT2D eigenvalue weighted by Gasteiger charge is 2.30. The monoisotopic (exact) mass is 1660 g/mol. The molecule has 5 heterocycles. The van der Waals surface area contributed by atoms with Crippen LogP contribution in [0.2, 0.25) is 0 Å². The van der Waals surface area contributed by atoms with Gasteiger partial charge in [-0.2, -0.15) is 0 Å². The highest BCUT2D eigenvalue weighted by Crippen LogP contribution is 2.50. The van der Waals surface area contributed by atoms with Crippen molar-refractivity contribution in [3.63, 3.8) is 0 Å². The molecule has 8 nitrogen and oxygen atoms in total. The Hall–Kier alpha value is -16.5. The van der Waals surface area contributed by atoms with Crippen LogP contribution in [0.3, 0.4) is 0 Å². The van der Waals surface area contributed by atoms with Gasteiger partial charge < -0.3 is 8.83 Å². The van der Waals surface area contributed by atoms with Crippen LogP contribution in [-0.2, 0) is 0 Å². The lowest BCUT2D eigenvalue weighted by Gasteiger charge is -2.28. The molecule has 27 rings (SSSR count). The predicted octanol–water partition coefficient (Wildman–Crippen LogP) is 32.3. The van der Waals surface area contributed by atoms with E-state index in [1.807, 2.05) is 17.4 Å². The number of hydrogen-bond donors (Lipinski definition) is 0. The van der Waals surface area contributed by atoms with E-state index in [0.29, 0.717) is 34.9 Å². The summed E-state index contributed by atoms with van der Waals surface area (Å²) in [6, 6.07) is 130. The number of furan rings is 2. The minimum Gasteiger partial charge on any atom is -0.456 e. The maximum atomic E-state index is 7.11. The second kappa shape index (κ2) is 29.1. The van der Waals surface area contributed by atoms with Crippen molar-refractivity contribution >= 4 is 174 Å². The second-order valence-corrected chi connectivity index (χ2v) is 35.6. The average Bonchev–Trinajstić information content (AvgIpc) is 1.67. The third kappa shape index (κ3) is 12.1. The summed E-state index contributed by atoms with van der Waals surface area (Å²) < 4.78 is 16.4. The van der Waals surface area contributed by atoms with E-state index in [4.69, 9.17) is 38.7 Å². The molecule has 0 saturated carbocycles. The minimum atomic E-state index is 0.160. The van der Waals surface area contributed by atoms with Crippen LogP contribution in [0.25, 0.3) is 252 Å². The fraction of sp³-hybridized carbons (Fsp3) is 0.0333. The maximum absolute atomic E-state index is 7.11. The third-order valence-corrected chi connectivity index (χ3v) is 28.3. The standard InChI is InChI=1S/C120H72N6O2S/c1-2-20-76-61-84(48-35-69(76)17-1)116-124-119(126-120(125-116)106-63-80-21-5-8-24-90(80)94-25-9-10-26-95(94)106)99-28-12-11-27-96(99)98-31-16-34-108-112(98)101-32-15-30-93(114(101)128-108)83-54-58-110-105(62-83)97-57-53-79(68-111(97)129-110)77-51-55-91-81(59-77)46-47-82-60-78(52-56-92(82)91)87-66-104(113-100-29-13-14-33-107(100)127-109(113)67-87)74-40-44-75(45-41-74)115-121-117(85-49-42-72-38-36-70-18-3-6-22-88(70)102(72)64-85)123-118(122-115)86-50-43-73-39-37-71-19-4-7-23-89(71)103(73)65-86/h1-10,12-26,28-68,72,102H,11,27H2. The molecule has 129 heavy (non-hydrogen) atoms. The van der Waals surface area contributed by atoms with Crippen LogP contribution in [0.4, 0.5) is 0 Å². The lowest BCUT2D eigenvalue weighted by atomic mass is 9.76. The topological polar surface area (TPSA) is 104 Å². The number of thiophene rings is 1. The first-order valence-electron chi connectivity index (χ1n) is 44.2. The molecule has 0 bridgehead atoms. The van der Waals surface area contributed by atoms with Crippen molar-refractivity contribution in [3.05, 3.63) is 423 Å². The van der Waals surface area contributed by atoms with Gasteiger partial charge in [0.1, 0.15) is 22.3 Å². The molecular weight excluding hydrogens is 1590 g/mol. The lowest BCUT2D eigenvalue weighted by Crippen LogP contribution is -2.15. The van der Waals surface area contributed by atoms with E-state index >= 15 is 0 Å². The molecule has 0 aliphatic heterocycles. The predicted molar refractivity (Wildman–Crippen MR) is 537 cm³/mol. The first-order chi connectivity index (χ1) is 63.8. The summed E-state index contributed by atoms with van der Waals surface area (Å²) in [5.41, 5.74) is 22.7. The van der Waals surface area contributed by atoms with E-state index in [2.05, 4.69) is 394 Å². The van der Waals surface area contributed by atoms with Gasteiger partial charge in [0.05, 0.1) is 0 Å². The van der Waals surface area contributed by atoms with Crippen LogP contribution in [0, 0.1) is 5.92 Å². The molecular formula is C120H72N6O2S. The van der Waals surface area contributed by atoms with Crippen molar-refractivity contribution in [2.45, 2.75) is 18.8 Å². The van der Waals surface area contributed by atoms with E-state index in [1.54, 1.807) is 0 Å². The Balaban J connectivity index is 0.499. The number of rotatable bonds is 11. The molecule has 0 saturated heterocycles. The summed E-state index contributed by atoms with van der Waals surface area (Å²) >= 11 is 1.84. The fourth-order valence-corrected chi connectivity index (χ4v) is 21.9. The summed E-state index contributed by atoms with van der Waals surface area (Å²) in [6.07, 6.45) is 17.6. The van der Waals surface area contributed by atoms with Crippen molar-refractivity contribution in [2.75, 3.05) is 0 Å². The quantitative estimate of drug-likeness (QED) is 0.118. The van der Waals surface area contributed by atoms with E-state index in [1.165, 1.54) is 85.7 Å². The Labute approximate surface area is 744 Å². The Morgan fingerprint density at radius 3 is 1.65 bits per heavy atom. The van der Waals surface area contributed by atoms with Gasteiger partial charge in [-0.05, 0) is 222 Å². The summed E-state index contributed by atoms with van der Waals surface area (Å²) in [6.45, 7) is 0. The lowest BCUT2D eigenvalue weighted by molar-refractivity contribution is 0.669. The van der Waals surface area contributed by atoms with Gasteiger partial charge in [-0.1, -0.05) is 328 Å². The van der Waals surface area contributed by atoms with Gasteiger partial charge in [-0.15, -0.1) is 11.3 Å². The summed E-state index contributed by atoms with van der Waals surface area (Å²) in [4.78, 5) is 32.4. The first-order valence-corrected chi connectivity index (χ1v) is 45.0. The molecule has 3 aliphatic rings. The molecule has 0 radical (unpaired) electrons. The Morgan fingerprint density at radius 2 is 0.814 bits per heavy atom. The van der Waals surface area contributed by atoms with Crippen LogP contribution in [-0.4, -0.2) is 29.9 Å². The highest BCUT2D eigenvalue weighted by atomic mass is 32.1. The molecule has 5 aromatic heterocycles. The summed E-state index contributed by atoms with van der Waals surface area (Å²) in [7, 11) is 0. The zero-order chi connectivity index (χ0) is 84.5. The van der Waals surface area contributed by atoms with E-state index in [0.717, 1.165) is 167 Å². The van der Waals surface area contributed by atoms with Gasteiger partial charge in [0.2, 0.25) is 0 Å². The molecule has 0 amide bonds. The van der Waals surface area contributed by atoms with Gasteiger partial charge in [0.15, 0.2) is 34.9 Å². The molecule has 3 aliphatic carbocycles. The van der Waals surface area contributed by atoms with Crippen LogP contribution in [0.1, 0.15) is 47.1 Å². The zero-order valence-corrected chi connectivity index (χ0v) is 70.4. The maximum Gasteiger partial charge on any atom is 0.164 e. The van der Waals surface area contributed by atoms with E-state index < -0.39 is 0 Å². The van der Waals surface area contributed by atoms with Gasteiger partial charge in [-0.25, -0.2) is 29.9 Å². The van der Waals surface area contributed by atoms with E-state index in [9.17, 15) is 0 Å². The molecule has 0 N–H and O–H groups in total. The third-order valence-electron chi connectivity index (χ3n) is 27.2. The number of fused-ring (bicyclic) bond motifs is 22. The highest BCUT2D eigenvalue weighted by molar-refractivity contribution is 7.25. The largest absolute Gasteiger partial charge is 0.456 e. The molecule has 0 fully saturated rings. The molecule has 19 aromatic carbocycles. The Morgan fingerprint density at radius 1 is 0.271 bits per heavy atom. The zero-order valence-electron chi connectivity index (χ0n) is 69.6. The SMILES string of the molecule is C1=CC(c2nc(-c3ccc4ccccc4c3)nc(-c3cc4ccccc4c4ccccc34)n2)=C(c2cccc3oc4c(-c5ccc6sc7cc(-c8ccc9c(ccc%10cc(-c%11cc(-c%12ccc(-c%13nc(C%14=CC%15c%16ccccc%16C=CC%15C=C%14)nc(-c%14ccc%15ccc%16ccccc%16c%15c%14)n%13)cc%12)c%12c(c%11)oc%11ccccc%11%12)ccc%109)c8)ccc7c6c5)cccc4c23)CC1. The smallest absolute Gasteiger partial charge is 0.164 e. The summed E-state index contributed by atoms with van der Waals surface area (Å²) in [5.74, 6) is 4.18. The van der Waals surface area contributed by atoms with E-state index in [-0.39, 0.29) is 11.8 Å². The van der Waals surface area contributed by atoms with Crippen molar-refractivity contribution in [3.8, 4) is 90.1 Å². The van der Waals surface area contributed by atoms with Gasteiger partial charge in [0, 0.05) is 92.5 Å². The van der Waals surface area contributed by atoms with Gasteiger partial charge >= 0.3 is 0 Å². The minimum absolute atomic E-state index is 0.160. The summed E-state index contributed by atoms with van der Waals surface area (Å²) in [5, 5.41) is 23.1. The number of hydrogen-bond acceptors (Lipinski definition) is 9. The van der Waals surface area contributed by atoms with Gasteiger partial charge in [-0.3, -0.25) is 0 Å². The normalized spacial score (nSPS) is 14.5. The van der Waals surface area contributed by atoms with Gasteiger partial charge in [0.25, 0.3) is 0 Å². The van der Waals surface area contributed by atoms with Crippen molar-refractivity contribution in [1.82, 2.24) is 29.9 Å². The van der Waals surface area contributed by atoms with Crippen molar-refractivity contribution < 1.29 is 8.83 Å². The number of nitrogens with zero attached hydrogens (tertiary/aromatic N) is 6. The second-order valence-electron chi connectivity index (χ2n) is 34.5. The number of para-hydroxylation sites is 2. The van der Waals surface area contributed by atoms with Crippen LogP contribution in [0.15, 0.2) is 403 Å². The molecule has 600 valence electrons. The molecule has 0 spiro atoms. The fourth-order valence-electron chi connectivity index (χ4n) is 20.8. The first kappa shape index (κ1) is 72.9. The number of allylic oxidation sites excluding steroid dienone is 9. The Bertz CT molecular complexity index is 9170. The van der Waals surface area contributed by atoms with Crippen LogP contribution < -0.4 is 0 Å². The molecule has 24 aromatic rings. The number of benzene rings is 19. The number of aromatic nitrogens is 6.